The predicted molar refractivity (Wildman–Crippen MR) is 118 cm³/mol. The fraction of sp³-hybridized carbons (Fsp3) is 0.273. The van der Waals surface area contributed by atoms with Gasteiger partial charge in [-0.25, -0.2) is 9.18 Å². The topological polar surface area (TPSA) is 77.7 Å². The highest BCUT2D eigenvalue weighted by molar-refractivity contribution is 6.31. The summed E-state index contributed by atoms with van der Waals surface area (Å²) in [5, 5.41) is 3.98. The van der Waals surface area contributed by atoms with Crippen molar-refractivity contribution >= 4 is 45.8 Å². The Morgan fingerprint density at radius 2 is 1.84 bits per heavy atom. The van der Waals surface area contributed by atoms with Crippen LogP contribution in [-0.2, 0) is 9.53 Å². The molecule has 162 valence electrons. The normalized spacial score (nSPS) is 14.6. The number of anilines is 2. The lowest BCUT2D eigenvalue weighted by atomic mass is 10.2. The third kappa shape index (κ3) is 4.65. The van der Waals surface area contributed by atoms with Crippen molar-refractivity contribution in [3.63, 3.8) is 0 Å². The number of methoxy groups -OCH3 is 1. The molecule has 9 heteroatoms. The number of carbonyl (C=O) groups is 2. The van der Waals surface area contributed by atoms with Gasteiger partial charge in [0.2, 0.25) is 5.91 Å². The van der Waals surface area contributed by atoms with Crippen molar-refractivity contribution in [3.05, 3.63) is 59.0 Å². The van der Waals surface area contributed by atoms with Gasteiger partial charge in [0.25, 0.3) is 0 Å². The Hall–Kier alpha value is -3.10. The van der Waals surface area contributed by atoms with Gasteiger partial charge in [0.1, 0.15) is 11.5 Å². The molecule has 0 saturated carbocycles. The molecule has 0 spiro atoms. The first-order chi connectivity index (χ1) is 14.9. The number of H-pyrrole nitrogens is 1. The number of rotatable bonds is 5. The minimum Gasteiger partial charge on any atom is -0.464 e. The fourth-order valence-electron chi connectivity index (χ4n) is 3.75. The van der Waals surface area contributed by atoms with Crippen LogP contribution >= 0.6 is 11.6 Å². The minimum absolute atomic E-state index is 0.175. The van der Waals surface area contributed by atoms with E-state index in [0.29, 0.717) is 34.7 Å². The molecular weight excluding hydrogens is 423 g/mol. The number of esters is 1. The summed E-state index contributed by atoms with van der Waals surface area (Å²) in [5.74, 6) is -1.07. The Kier molecular flexibility index (Phi) is 6.11. The molecule has 1 aliphatic heterocycles. The van der Waals surface area contributed by atoms with E-state index in [0.717, 1.165) is 18.8 Å². The van der Waals surface area contributed by atoms with E-state index < -0.39 is 5.97 Å². The van der Waals surface area contributed by atoms with E-state index in [1.807, 2.05) is 4.90 Å². The molecule has 1 fully saturated rings. The molecule has 1 amide bonds. The summed E-state index contributed by atoms with van der Waals surface area (Å²) in [4.78, 5) is 32.1. The predicted octanol–water partition coefficient (Wildman–Crippen LogP) is 3.51. The minimum atomic E-state index is -0.574. The van der Waals surface area contributed by atoms with Crippen LogP contribution in [0.2, 0.25) is 5.02 Å². The van der Waals surface area contributed by atoms with Gasteiger partial charge < -0.3 is 19.9 Å². The van der Waals surface area contributed by atoms with Gasteiger partial charge in [-0.05, 0) is 42.5 Å². The molecule has 0 aliphatic carbocycles. The lowest BCUT2D eigenvalue weighted by Gasteiger charge is -2.35. The van der Waals surface area contributed by atoms with Crippen molar-refractivity contribution < 1.29 is 18.7 Å². The molecule has 0 radical (unpaired) electrons. The number of piperazine rings is 1. The summed E-state index contributed by atoms with van der Waals surface area (Å²) in [7, 11) is 1.28. The number of nitrogens with zero attached hydrogens (tertiary/aromatic N) is 2. The van der Waals surface area contributed by atoms with Crippen LogP contribution in [-0.4, -0.2) is 61.6 Å². The van der Waals surface area contributed by atoms with Crippen molar-refractivity contribution in [1.82, 2.24) is 9.88 Å². The molecule has 0 unspecified atom stereocenters. The number of halogens is 2. The van der Waals surface area contributed by atoms with Crippen LogP contribution < -0.4 is 10.2 Å². The number of ether oxygens (including phenoxy) is 1. The van der Waals surface area contributed by atoms with E-state index in [-0.39, 0.29) is 24.0 Å². The highest BCUT2D eigenvalue weighted by Gasteiger charge is 2.23. The number of fused-ring (bicyclic) bond motifs is 1. The van der Waals surface area contributed by atoms with E-state index in [1.54, 1.807) is 30.3 Å². The zero-order chi connectivity index (χ0) is 22.0. The van der Waals surface area contributed by atoms with Gasteiger partial charge in [-0.15, -0.1) is 0 Å². The maximum Gasteiger partial charge on any atom is 0.356 e. The third-order valence-electron chi connectivity index (χ3n) is 5.35. The van der Waals surface area contributed by atoms with Crippen LogP contribution in [0.25, 0.3) is 10.9 Å². The Morgan fingerprint density at radius 3 is 2.52 bits per heavy atom. The summed E-state index contributed by atoms with van der Waals surface area (Å²) in [6.07, 6.45) is 0. The summed E-state index contributed by atoms with van der Waals surface area (Å²) in [5.41, 5.74) is 2.17. The second-order valence-electron chi connectivity index (χ2n) is 7.34. The van der Waals surface area contributed by atoms with Crippen molar-refractivity contribution in [2.24, 2.45) is 0 Å². The first-order valence-electron chi connectivity index (χ1n) is 9.87. The van der Waals surface area contributed by atoms with Gasteiger partial charge in [-0.1, -0.05) is 11.6 Å². The zero-order valence-corrected chi connectivity index (χ0v) is 17.7. The first kappa shape index (κ1) is 21.1. The number of benzene rings is 2. The smallest absolute Gasteiger partial charge is 0.356 e. The lowest BCUT2D eigenvalue weighted by molar-refractivity contribution is -0.117. The van der Waals surface area contributed by atoms with Crippen LogP contribution in [0.4, 0.5) is 15.8 Å². The van der Waals surface area contributed by atoms with Crippen LogP contribution in [0.5, 0.6) is 0 Å². The number of amides is 1. The maximum atomic E-state index is 13.1. The number of nitrogens with one attached hydrogen (secondary N) is 2. The van der Waals surface area contributed by atoms with Crippen LogP contribution in [0.15, 0.2) is 42.5 Å². The standard InChI is InChI=1S/C22H22ClFN4O3/c1-31-22(30)21-20(17-12-14(23)2-7-18(17)25-21)26-19(29)13-27-8-10-28(11-9-27)16-5-3-15(24)4-6-16/h2-7,12,25H,8-11,13H2,1H3,(H,26,29). The second kappa shape index (κ2) is 8.95. The molecule has 1 saturated heterocycles. The molecule has 31 heavy (non-hydrogen) atoms. The Balaban J connectivity index is 1.42. The highest BCUT2D eigenvalue weighted by Crippen LogP contribution is 2.30. The summed E-state index contributed by atoms with van der Waals surface area (Å²) in [6, 6.07) is 11.5. The number of aromatic nitrogens is 1. The lowest BCUT2D eigenvalue weighted by Crippen LogP contribution is -2.48. The quantitative estimate of drug-likeness (QED) is 0.589. The molecule has 2 heterocycles. The molecule has 4 rings (SSSR count). The van der Waals surface area contributed by atoms with Crippen LogP contribution in [0, 0.1) is 5.82 Å². The van der Waals surface area contributed by atoms with Crippen molar-refractivity contribution in [1.29, 1.82) is 0 Å². The summed E-state index contributed by atoms with van der Waals surface area (Å²) >= 11 is 6.10. The highest BCUT2D eigenvalue weighted by atomic mass is 35.5. The van der Waals surface area contributed by atoms with E-state index in [4.69, 9.17) is 16.3 Å². The van der Waals surface area contributed by atoms with Gasteiger partial charge in [0.05, 0.1) is 19.3 Å². The Labute approximate surface area is 183 Å². The van der Waals surface area contributed by atoms with Gasteiger partial charge in [-0.3, -0.25) is 9.69 Å². The van der Waals surface area contributed by atoms with E-state index in [2.05, 4.69) is 15.2 Å². The van der Waals surface area contributed by atoms with Crippen molar-refractivity contribution in [3.8, 4) is 0 Å². The van der Waals surface area contributed by atoms with E-state index in [1.165, 1.54) is 19.2 Å². The zero-order valence-electron chi connectivity index (χ0n) is 17.0. The number of hydrogen-bond acceptors (Lipinski definition) is 5. The van der Waals surface area contributed by atoms with E-state index >= 15 is 0 Å². The summed E-state index contributed by atoms with van der Waals surface area (Å²) < 4.78 is 18.0. The maximum absolute atomic E-state index is 13.1. The Bertz CT molecular complexity index is 1110. The van der Waals surface area contributed by atoms with Gasteiger partial charge in [0, 0.05) is 47.8 Å². The van der Waals surface area contributed by atoms with Gasteiger partial charge in [0.15, 0.2) is 0 Å². The molecule has 0 bridgehead atoms. The number of hydrogen-bond donors (Lipinski definition) is 2. The van der Waals surface area contributed by atoms with Crippen molar-refractivity contribution in [2.45, 2.75) is 0 Å². The molecule has 7 nitrogen and oxygen atoms in total. The largest absolute Gasteiger partial charge is 0.464 e. The number of carbonyl (C=O) groups excluding carboxylic acids is 2. The molecular formula is C22H22ClFN4O3. The van der Waals surface area contributed by atoms with Crippen LogP contribution in [0.3, 0.4) is 0 Å². The first-order valence-corrected chi connectivity index (χ1v) is 10.2. The molecule has 1 aromatic heterocycles. The molecule has 0 atom stereocenters. The second-order valence-corrected chi connectivity index (χ2v) is 7.78. The Morgan fingerprint density at radius 1 is 1.13 bits per heavy atom. The molecule has 2 N–H and O–H groups in total. The van der Waals surface area contributed by atoms with Crippen LogP contribution in [0.1, 0.15) is 10.5 Å². The fourth-order valence-corrected chi connectivity index (χ4v) is 3.92. The average Bonchev–Trinajstić information content (AvgIpc) is 3.11. The van der Waals surface area contributed by atoms with Gasteiger partial charge >= 0.3 is 5.97 Å². The summed E-state index contributed by atoms with van der Waals surface area (Å²) in [6.45, 7) is 3.03. The van der Waals surface area contributed by atoms with Crippen molar-refractivity contribution in [2.75, 3.05) is 50.1 Å². The molecule has 3 aromatic rings. The number of aromatic amines is 1. The third-order valence-corrected chi connectivity index (χ3v) is 5.58. The monoisotopic (exact) mass is 444 g/mol. The molecule has 2 aromatic carbocycles. The average molecular weight is 445 g/mol. The SMILES string of the molecule is COC(=O)c1[nH]c2ccc(Cl)cc2c1NC(=O)CN1CCN(c2ccc(F)cc2)CC1. The van der Waals surface area contributed by atoms with E-state index in [9.17, 15) is 14.0 Å². The van der Waals surface area contributed by atoms with Gasteiger partial charge in [-0.2, -0.15) is 0 Å². The molecule has 1 aliphatic rings.